The van der Waals surface area contributed by atoms with Gasteiger partial charge in [0.1, 0.15) is 5.75 Å². The van der Waals surface area contributed by atoms with Crippen LogP contribution in [0.2, 0.25) is 0 Å². The molecule has 2 aromatic rings. The van der Waals surface area contributed by atoms with Crippen molar-refractivity contribution < 1.29 is 22.6 Å². The number of nitrogens with one attached hydrogen (secondary N) is 1. The van der Waals surface area contributed by atoms with E-state index >= 15 is 0 Å². The highest BCUT2D eigenvalue weighted by molar-refractivity contribution is 7.91. The number of ether oxygens (including phenoxy) is 3. The largest absolute Gasteiger partial charge is 0.492 e. The van der Waals surface area contributed by atoms with Gasteiger partial charge in [0.05, 0.1) is 38.1 Å². The molecule has 3 heterocycles. The summed E-state index contributed by atoms with van der Waals surface area (Å²) in [6, 6.07) is 6.71. The van der Waals surface area contributed by atoms with Crippen molar-refractivity contribution in [2.45, 2.75) is 12.8 Å². The van der Waals surface area contributed by atoms with Crippen LogP contribution < -0.4 is 29.6 Å². The second-order valence-electron chi connectivity index (χ2n) is 7.25. The first-order valence-electron chi connectivity index (χ1n) is 9.75. The average molecular weight is 449 g/mol. The smallest absolute Gasteiger partial charge is 0.344 e. The van der Waals surface area contributed by atoms with Gasteiger partial charge in [-0.2, -0.15) is 18.4 Å². The number of nitrogens with two attached hydrogens (primary N) is 1. The quantitative estimate of drug-likeness (QED) is 0.666. The van der Waals surface area contributed by atoms with Gasteiger partial charge in [0, 0.05) is 19.0 Å². The van der Waals surface area contributed by atoms with Crippen LogP contribution in [-0.4, -0.2) is 58.1 Å². The van der Waals surface area contributed by atoms with Crippen LogP contribution in [0.1, 0.15) is 18.4 Å². The van der Waals surface area contributed by atoms with E-state index in [9.17, 15) is 8.42 Å². The van der Waals surface area contributed by atoms with Crippen LogP contribution in [0, 0.1) is 5.92 Å². The molecular weight excluding hydrogens is 424 g/mol. The highest BCUT2D eigenvalue weighted by Crippen LogP contribution is 2.31. The Morgan fingerprint density at radius 2 is 1.97 bits per heavy atom. The van der Waals surface area contributed by atoms with Crippen molar-refractivity contribution in [3.8, 4) is 17.5 Å². The lowest BCUT2D eigenvalue weighted by Crippen LogP contribution is -2.39. The molecule has 4 rings (SSSR count). The minimum atomic E-state index is -3.83. The summed E-state index contributed by atoms with van der Waals surface area (Å²) >= 11 is 0. The second kappa shape index (κ2) is 8.46. The van der Waals surface area contributed by atoms with Crippen LogP contribution in [0.25, 0.3) is 0 Å². The van der Waals surface area contributed by atoms with Crippen molar-refractivity contribution in [2.75, 3.05) is 43.5 Å². The molecule has 31 heavy (non-hydrogen) atoms. The topological polar surface area (TPSA) is 141 Å². The van der Waals surface area contributed by atoms with Crippen LogP contribution in [0.15, 0.2) is 28.7 Å². The number of hydrogen-bond donors (Lipinski definition) is 2. The summed E-state index contributed by atoms with van der Waals surface area (Å²) in [5.74, 6) is 2.03. The fraction of sp³-hybridized carbons (Fsp3) is 0.421. The van der Waals surface area contributed by atoms with Gasteiger partial charge in [-0.15, -0.1) is 4.40 Å². The molecule has 166 valence electrons. The maximum atomic E-state index is 11.7. The predicted octanol–water partition coefficient (Wildman–Crippen LogP) is 1.16. The highest BCUT2D eigenvalue weighted by Gasteiger charge is 2.27. The Bertz CT molecular complexity index is 1080. The Balaban J connectivity index is 1.48. The maximum absolute atomic E-state index is 11.7. The average Bonchev–Trinajstić information content (AvgIpc) is 2.76. The van der Waals surface area contributed by atoms with Gasteiger partial charge in [-0.1, -0.05) is 6.07 Å². The lowest BCUT2D eigenvalue weighted by atomic mass is 9.99. The summed E-state index contributed by atoms with van der Waals surface area (Å²) in [5, 5.41) is 0. The molecule has 3 N–H and O–H groups in total. The van der Waals surface area contributed by atoms with Gasteiger partial charge in [-0.3, -0.25) is 4.72 Å². The van der Waals surface area contributed by atoms with Crippen LogP contribution in [-0.2, 0) is 10.2 Å². The molecule has 12 heteroatoms. The number of amidine groups is 1. The normalized spacial score (nSPS) is 19.6. The van der Waals surface area contributed by atoms with Crippen LogP contribution in [0.5, 0.6) is 17.5 Å². The van der Waals surface area contributed by atoms with Crippen molar-refractivity contribution >= 4 is 27.7 Å². The number of methoxy groups -OCH3 is 2. The van der Waals surface area contributed by atoms with E-state index in [1.807, 2.05) is 0 Å². The highest BCUT2D eigenvalue weighted by atomic mass is 32.2. The zero-order chi connectivity index (χ0) is 22.0. The molecule has 0 saturated carbocycles. The van der Waals surface area contributed by atoms with Crippen molar-refractivity contribution in [2.24, 2.45) is 16.0 Å². The Hall–Kier alpha value is -3.28. The molecule has 2 aliphatic rings. The molecule has 1 atom stereocenters. The van der Waals surface area contributed by atoms with E-state index in [1.54, 1.807) is 38.5 Å². The van der Waals surface area contributed by atoms with Crippen molar-refractivity contribution in [1.29, 1.82) is 0 Å². The molecule has 2 aliphatic heterocycles. The number of anilines is 2. The SMILES string of the molecule is COc1cc(OC)nc(N2CCC[C@H](COc3cccc4c3C(N)=NS(=O)(=O)N4)C2)n1. The van der Waals surface area contributed by atoms with Crippen LogP contribution in [0.3, 0.4) is 0 Å². The van der Waals surface area contributed by atoms with Gasteiger partial charge in [-0.25, -0.2) is 0 Å². The fourth-order valence-corrected chi connectivity index (χ4v) is 4.51. The van der Waals surface area contributed by atoms with Crippen LogP contribution >= 0.6 is 0 Å². The third-order valence-electron chi connectivity index (χ3n) is 5.10. The van der Waals surface area contributed by atoms with Gasteiger partial charge in [0.15, 0.2) is 5.84 Å². The van der Waals surface area contributed by atoms with Crippen molar-refractivity contribution in [1.82, 2.24) is 9.97 Å². The maximum Gasteiger partial charge on any atom is 0.344 e. The monoisotopic (exact) mass is 448 g/mol. The molecule has 1 aromatic heterocycles. The van der Waals surface area contributed by atoms with E-state index in [0.717, 1.165) is 19.4 Å². The molecule has 0 unspecified atom stereocenters. The number of benzene rings is 1. The molecule has 0 bridgehead atoms. The molecule has 11 nitrogen and oxygen atoms in total. The van der Waals surface area contributed by atoms with Crippen LogP contribution in [0.4, 0.5) is 11.6 Å². The van der Waals surface area contributed by atoms with E-state index in [2.05, 4.69) is 24.0 Å². The van der Waals surface area contributed by atoms with E-state index in [-0.39, 0.29) is 11.8 Å². The molecular formula is C19H24N6O5S. The van der Waals surface area contributed by atoms with Crippen molar-refractivity contribution in [3.63, 3.8) is 0 Å². The zero-order valence-electron chi connectivity index (χ0n) is 17.2. The molecule has 0 spiro atoms. The third-order valence-corrected chi connectivity index (χ3v) is 6.02. The number of aromatic nitrogens is 2. The minimum Gasteiger partial charge on any atom is -0.492 e. The molecule has 0 aliphatic carbocycles. The summed E-state index contributed by atoms with van der Waals surface area (Å²) in [4.78, 5) is 10.9. The molecule has 0 amide bonds. The standard InChI is InChI=1S/C19H24N6O5S/c1-28-15-9-16(29-2)22-19(21-15)25-8-4-5-12(10-25)11-30-14-7-3-6-13-17(14)18(20)24-31(26,27)23-13/h3,6-7,9,12,23H,4-5,8,10-11H2,1-2H3,(H2,20,24)/t12-/m0/s1. The van der Waals surface area contributed by atoms with Gasteiger partial charge < -0.3 is 24.8 Å². The van der Waals surface area contributed by atoms with Gasteiger partial charge in [0.25, 0.3) is 0 Å². The number of nitrogens with zero attached hydrogens (tertiary/aromatic N) is 4. The summed E-state index contributed by atoms with van der Waals surface area (Å²) in [6.07, 6.45) is 1.93. The summed E-state index contributed by atoms with van der Waals surface area (Å²) in [5.41, 5.74) is 6.69. The lowest BCUT2D eigenvalue weighted by Gasteiger charge is -2.33. The Morgan fingerprint density at radius 3 is 2.68 bits per heavy atom. The number of fused-ring (bicyclic) bond motifs is 1. The van der Waals surface area contributed by atoms with E-state index in [1.165, 1.54) is 0 Å². The molecule has 1 aromatic carbocycles. The third kappa shape index (κ3) is 4.58. The number of piperidine rings is 1. The molecule has 0 radical (unpaired) electrons. The summed E-state index contributed by atoms with van der Waals surface area (Å²) < 4.78 is 45.9. The van der Waals surface area contributed by atoms with Crippen molar-refractivity contribution in [3.05, 3.63) is 29.8 Å². The van der Waals surface area contributed by atoms with E-state index < -0.39 is 10.2 Å². The van der Waals surface area contributed by atoms with E-state index in [0.29, 0.717) is 47.9 Å². The predicted molar refractivity (Wildman–Crippen MR) is 115 cm³/mol. The Morgan fingerprint density at radius 1 is 1.23 bits per heavy atom. The van der Waals surface area contributed by atoms with Gasteiger partial charge in [0.2, 0.25) is 17.7 Å². The summed E-state index contributed by atoms with van der Waals surface area (Å²) in [7, 11) is -0.731. The van der Waals surface area contributed by atoms with E-state index in [4.69, 9.17) is 19.9 Å². The molecule has 1 saturated heterocycles. The number of hydrogen-bond acceptors (Lipinski definition) is 9. The Labute approximate surface area is 180 Å². The first kappa shape index (κ1) is 21.0. The van der Waals surface area contributed by atoms with Gasteiger partial charge in [-0.05, 0) is 25.0 Å². The first-order valence-corrected chi connectivity index (χ1v) is 11.2. The molecule has 1 fully saturated rings. The fourth-order valence-electron chi connectivity index (χ4n) is 3.67. The zero-order valence-corrected chi connectivity index (χ0v) is 18.1. The van der Waals surface area contributed by atoms with Gasteiger partial charge >= 0.3 is 10.2 Å². The summed E-state index contributed by atoms with van der Waals surface area (Å²) in [6.45, 7) is 1.94. The first-order chi connectivity index (χ1) is 14.9. The number of rotatable bonds is 6. The second-order valence-corrected chi connectivity index (χ2v) is 8.59. The Kier molecular flexibility index (Phi) is 5.72. The minimum absolute atomic E-state index is 0.0912. The lowest BCUT2D eigenvalue weighted by molar-refractivity contribution is 0.227.